The molecule has 0 fully saturated rings. The first-order valence-corrected chi connectivity index (χ1v) is 9.22. The van der Waals surface area contributed by atoms with Crippen LogP contribution in [0.15, 0.2) is 24.3 Å². The number of aliphatic carboxylic acids is 1. The molecule has 1 aromatic rings. The highest BCUT2D eigenvalue weighted by Crippen LogP contribution is 2.20. The molecule has 10 nitrogen and oxygen atoms in total. The van der Waals surface area contributed by atoms with Crippen LogP contribution in [0.25, 0.3) is 0 Å². The van der Waals surface area contributed by atoms with Gasteiger partial charge in [0.05, 0.1) is 14.2 Å². The highest BCUT2D eigenvalue weighted by Gasteiger charge is 2.42. The second-order valence-corrected chi connectivity index (χ2v) is 6.79. The van der Waals surface area contributed by atoms with Gasteiger partial charge in [-0.05, 0) is 17.7 Å². The van der Waals surface area contributed by atoms with Crippen LogP contribution in [0.3, 0.4) is 0 Å². The Morgan fingerprint density at radius 2 is 1.65 bits per heavy atom. The molecule has 0 aliphatic heterocycles. The fourth-order valence-electron chi connectivity index (χ4n) is 3.00. The van der Waals surface area contributed by atoms with Crippen LogP contribution in [0.5, 0.6) is 0 Å². The molecule has 3 atom stereocenters. The lowest BCUT2D eigenvalue weighted by Gasteiger charge is -2.27. The van der Waals surface area contributed by atoms with Crippen LogP contribution in [0, 0.1) is 17.7 Å². The number of halogens is 1. The predicted octanol–water partition coefficient (Wildman–Crippen LogP) is 0.0406. The molecule has 0 aromatic heterocycles. The summed E-state index contributed by atoms with van der Waals surface area (Å²) in [6.45, 7) is 2.42. The topological polar surface area (TPSA) is 148 Å². The number of hydrogen-bond acceptors (Lipinski definition) is 7. The molecule has 2 amide bonds. The predicted molar refractivity (Wildman–Crippen MR) is 104 cm³/mol. The van der Waals surface area contributed by atoms with Crippen LogP contribution in [-0.2, 0) is 39.9 Å². The molecule has 0 spiro atoms. The maximum atomic E-state index is 13.5. The Balaban J connectivity index is 3.14. The minimum atomic E-state index is -1.69. The zero-order valence-corrected chi connectivity index (χ0v) is 17.5. The van der Waals surface area contributed by atoms with Crippen molar-refractivity contribution in [1.82, 2.24) is 10.6 Å². The van der Waals surface area contributed by atoms with Gasteiger partial charge in [0, 0.05) is 19.3 Å². The zero-order valence-electron chi connectivity index (χ0n) is 17.5. The van der Waals surface area contributed by atoms with E-state index in [0.29, 0.717) is 5.56 Å². The number of methoxy groups -OCH3 is 2. The van der Waals surface area contributed by atoms with E-state index in [9.17, 15) is 33.5 Å². The van der Waals surface area contributed by atoms with Crippen molar-refractivity contribution >= 4 is 29.7 Å². The van der Waals surface area contributed by atoms with Crippen LogP contribution in [0.4, 0.5) is 4.39 Å². The Morgan fingerprint density at radius 3 is 2.10 bits per heavy atom. The van der Waals surface area contributed by atoms with E-state index in [2.05, 4.69) is 20.1 Å². The van der Waals surface area contributed by atoms with Gasteiger partial charge in [0.2, 0.25) is 11.8 Å². The molecule has 0 heterocycles. The summed E-state index contributed by atoms with van der Waals surface area (Å²) in [5.74, 6) is -8.46. The summed E-state index contributed by atoms with van der Waals surface area (Å²) in [5, 5.41) is 14.2. The van der Waals surface area contributed by atoms with E-state index < -0.39 is 59.5 Å². The van der Waals surface area contributed by atoms with Crippen molar-refractivity contribution < 1.29 is 42.9 Å². The molecule has 0 radical (unpaired) electrons. The number of amides is 2. The third-order valence-corrected chi connectivity index (χ3v) is 4.55. The van der Waals surface area contributed by atoms with Gasteiger partial charge in [0.1, 0.15) is 17.9 Å². The van der Waals surface area contributed by atoms with E-state index in [4.69, 9.17) is 0 Å². The van der Waals surface area contributed by atoms with Gasteiger partial charge in [-0.15, -0.1) is 0 Å². The lowest BCUT2D eigenvalue weighted by Crippen LogP contribution is -2.56. The van der Waals surface area contributed by atoms with E-state index in [1.165, 1.54) is 31.2 Å². The summed E-state index contributed by atoms with van der Waals surface area (Å²) in [6, 6.07) is 2.41. The van der Waals surface area contributed by atoms with Gasteiger partial charge in [-0.3, -0.25) is 19.2 Å². The van der Waals surface area contributed by atoms with E-state index in [1.807, 2.05) is 0 Å². The number of hydrogen-bond donors (Lipinski definition) is 3. The van der Waals surface area contributed by atoms with Gasteiger partial charge in [-0.25, -0.2) is 9.18 Å². The van der Waals surface area contributed by atoms with E-state index in [1.54, 1.807) is 0 Å². The number of carboxylic acids is 1. The van der Waals surface area contributed by atoms with E-state index in [0.717, 1.165) is 21.1 Å². The molecule has 31 heavy (non-hydrogen) atoms. The first-order valence-electron chi connectivity index (χ1n) is 9.22. The van der Waals surface area contributed by atoms with Gasteiger partial charge in [0.15, 0.2) is 5.92 Å². The van der Waals surface area contributed by atoms with Crippen LogP contribution >= 0.6 is 0 Å². The normalized spacial score (nSPS) is 13.5. The lowest BCUT2D eigenvalue weighted by molar-refractivity contribution is -0.163. The second-order valence-electron chi connectivity index (χ2n) is 6.79. The summed E-state index contributed by atoms with van der Waals surface area (Å²) >= 11 is 0. The number of ether oxygens (including phenoxy) is 2. The summed E-state index contributed by atoms with van der Waals surface area (Å²) in [4.78, 5) is 60.1. The number of benzene rings is 1. The molecule has 0 aliphatic rings. The summed E-state index contributed by atoms with van der Waals surface area (Å²) in [7, 11) is 2.04. The maximum absolute atomic E-state index is 13.5. The Hall–Kier alpha value is -3.50. The van der Waals surface area contributed by atoms with Crippen molar-refractivity contribution in [2.24, 2.45) is 11.8 Å². The molecule has 0 unspecified atom stereocenters. The molecule has 170 valence electrons. The first kappa shape index (κ1) is 25.5. The summed E-state index contributed by atoms with van der Waals surface area (Å²) in [5.41, 5.74) is 0.385. The fourth-order valence-corrected chi connectivity index (χ4v) is 3.00. The monoisotopic (exact) mass is 440 g/mol. The molecular formula is C20H25FN2O8. The third kappa shape index (κ3) is 7.36. The number of carboxylic acid groups (broad SMARTS) is 1. The molecule has 1 aromatic carbocycles. The van der Waals surface area contributed by atoms with Crippen LogP contribution in [0.2, 0.25) is 0 Å². The van der Waals surface area contributed by atoms with Crippen LogP contribution in [-0.4, -0.2) is 61.1 Å². The number of carbonyl (C=O) groups is 5. The summed E-state index contributed by atoms with van der Waals surface area (Å²) < 4.78 is 22.5. The van der Waals surface area contributed by atoms with Gasteiger partial charge in [-0.2, -0.15) is 0 Å². The first-order chi connectivity index (χ1) is 14.5. The quantitative estimate of drug-likeness (QED) is 0.341. The number of rotatable bonds is 10. The van der Waals surface area contributed by atoms with E-state index in [-0.39, 0.29) is 6.42 Å². The van der Waals surface area contributed by atoms with Crippen molar-refractivity contribution in [2.75, 3.05) is 14.2 Å². The van der Waals surface area contributed by atoms with Crippen molar-refractivity contribution in [3.63, 3.8) is 0 Å². The molecular weight excluding hydrogens is 415 g/mol. The third-order valence-electron chi connectivity index (χ3n) is 4.55. The average Bonchev–Trinajstić information content (AvgIpc) is 2.70. The van der Waals surface area contributed by atoms with Gasteiger partial charge < -0.3 is 25.2 Å². The molecule has 11 heteroatoms. The van der Waals surface area contributed by atoms with Gasteiger partial charge in [0.25, 0.3) is 0 Å². The largest absolute Gasteiger partial charge is 0.480 e. The SMILES string of the molecule is COC(=O)C(C(=O)OC)[C@H](C)[C@@H](NC(=O)[C@@H](Cc1cccc(F)c1)NC(C)=O)C(=O)O. The number of carbonyl (C=O) groups excluding carboxylic acids is 4. The molecule has 0 bridgehead atoms. The minimum Gasteiger partial charge on any atom is -0.480 e. The standard InChI is InChI=1S/C20H25FN2O8/c1-10(15(19(28)30-3)20(29)31-4)16(18(26)27)23-17(25)14(22-11(2)24)9-12-6-5-7-13(21)8-12/h5-8,10,14-16H,9H2,1-4H3,(H,22,24)(H,23,25)(H,26,27)/t10-,14+,16+/m0/s1. The lowest BCUT2D eigenvalue weighted by atomic mass is 9.87. The molecule has 3 N–H and O–H groups in total. The molecule has 0 saturated carbocycles. The number of esters is 2. The molecule has 0 saturated heterocycles. The Labute approximate surface area is 178 Å². The van der Waals surface area contributed by atoms with Crippen molar-refractivity contribution in [3.8, 4) is 0 Å². The van der Waals surface area contributed by atoms with Gasteiger partial charge >= 0.3 is 17.9 Å². The summed E-state index contributed by atoms with van der Waals surface area (Å²) in [6.07, 6.45) is -0.124. The highest BCUT2D eigenvalue weighted by molar-refractivity contribution is 5.97. The zero-order chi connectivity index (χ0) is 23.7. The van der Waals surface area contributed by atoms with Crippen LogP contribution < -0.4 is 10.6 Å². The Bertz CT molecular complexity index is 828. The van der Waals surface area contributed by atoms with Crippen LogP contribution in [0.1, 0.15) is 19.4 Å². The minimum absolute atomic E-state index is 0.124. The molecule has 1 rings (SSSR count). The molecule has 0 aliphatic carbocycles. The highest BCUT2D eigenvalue weighted by atomic mass is 19.1. The van der Waals surface area contributed by atoms with E-state index >= 15 is 0 Å². The Morgan fingerprint density at radius 1 is 1.06 bits per heavy atom. The fraction of sp³-hybridized carbons (Fsp3) is 0.450. The Kier molecular flexibility index (Phi) is 9.58. The van der Waals surface area contributed by atoms with Crippen molar-refractivity contribution in [3.05, 3.63) is 35.6 Å². The van der Waals surface area contributed by atoms with Crippen molar-refractivity contribution in [1.29, 1.82) is 0 Å². The van der Waals surface area contributed by atoms with Crippen molar-refractivity contribution in [2.45, 2.75) is 32.4 Å². The average molecular weight is 440 g/mol. The smallest absolute Gasteiger partial charge is 0.326 e. The van der Waals surface area contributed by atoms with Gasteiger partial charge in [-0.1, -0.05) is 19.1 Å². The number of nitrogens with one attached hydrogen (secondary N) is 2. The maximum Gasteiger partial charge on any atom is 0.326 e. The second kappa shape index (κ2) is 11.6.